The Morgan fingerprint density at radius 1 is 1.56 bits per heavy atom. The minimum atomic E-state index is -3.41. The van der Waals surface area contributed by atoms with Crippen molar-refractivity contribution in [3.63, 3.8) is 0 Å². The second kappa shape index (κ2) is 4.48. The summed E-state index contributed by atoms with van der Waals surface area (Å²) in [5.41, 5.74) is 0. The zero-order valence-electron chi connectivity index (χ0n) is 8.91. The van der Waals surface area contributed by atoms with Crippen LogP contribution in [0.4, 0.5) is 5.82 Å². The van der Waals surface area contributed by atoms with E-state index < -0.39 is 15.8 Å². The van der Waals surface area contributed by atoms with Gasteiger partial charge in [0, 0.05) is 19.5 Å². The highest BCUT2D eigenvalue weighted by Gasteiger charge is 2.18. The maximum absolute atomic E-state index is 11.4. The summed E-state index contributed by atoms with van der Waals surface area (Å²) in [4.78, 5) is 15.7. The van der Waals surface area contributed by atoms with Crippen LogP contribution in [-0.2, 0) is 14.6 Å². The number of nitrogens with zero attached hydrogens (tertiary/aromatic N) is 2. The van der Waals surface area contributed by atoms with E-state index in [0.29, 0.717) is 0 Å². The number of sulfone groups is 1. The van der Waals surface area contributed by atoms with E-state index in [9.17, 15) is 13.2 Å². The number of carboxylic acid groups (broad SMARTS) is 1. The summed E-state index contributed by atoms with van der Waals surface area (Å²) in [6.07, 6.45) is 2.48. The summed E-state index contributed by atoms with van der Waals surface area (Å²) in [5, 5.41) is 8.62. The molecule has 0 spiro atoms. The SMILES string of the molecule is CN(CC(=O)O)c1ncccc1S(C)(=O)=O. The van der Waals surface area contributed by atoms with Crippen molar-refractivity contribution in [3.8, 4) is 0 Å². The van der Waals surface area contributed by atoms with Crippen LogP contribution < -0.4 is 4.90 Å². The van der Waals surface area contributed by atoms with E-state index in [2.05, 4.69) is 4.98 Å². The van der Waals surface area contributed by atoms with Gasteiger partial charge in [0.15, 0.2) is 9.84 Å². The first kappa shape index (κ1) is 12.4. The van der Waals surface area contributed by atoms with Crippen LogP contribution in [0, 0.1) is 0 Å². The van der Waals surface area contributed by atoms with Crippen molar-refractivity contribution in [2.75, 3.05) is 24.7 Å². The molecule has 16 heavy (non-hydrogen) atoms. The molecule has 1 heterocycles. The second-order valence-electron chi connectivity index (χ2n) is 3.35. The zero-order chi connectivity index (χ0) is 12.3. The average molecular weight is 244 g/mol. The van der Waals surface area contributed by atoms with E-state index in [4.69, 9.17) is 5.11 Å². The number of anilines is 1. The molecule has 0 unspecified atom stereocenters. The van der Waals surface area contributed by atoms with Crippen LogP contribution in [0.25, 0.3) is 0 Å². The molecular formula is C9H12N2O4S. The molecule has 1 N–H and O–H groups in total. The van der Waals surface area contributed by atoms with Gasteiger partial charge in [-0.15, -0.1) is 0 Å². The normalized spacial score (nSPS) is 11.1. The lowest BCUT2D eigenvalue weighted by Gasteiger charge is -2.17. The van der Waals surface area contributed by atoms with Crippen molar-refractivity contribution in [1.82, 2.24) is 4.98 Å². The summed E-state index contributed by atoms with van der Waals surface area (Å²) >= 11 is 0. The molecular weight excluding hydrogens is 232 g/mol. The van der Waals surface area contributed by atoms with Crippen LogP contribution in [0.3, 0.4) is 0 Å². The van der Waals surface area contributed by atoms with Gasteiger partial charge < -0.3 is 10.0 Å². The minimum absolute atomic E-state index is 0.0266. The standard InChI is InChI=1S/C9H12N2O4S/c1-11(6-8(12)13)9-7(16(2,14)15)4-3-5-10-9/h3-5H,6H2,1-2H3,(H,12,13). The Balaban J connectivity index is 3.19. The van der Waals surface area contributed by atoms with E-state index in [-0.39, 0.29) is 17.3 Å². The van der Waals surface area contributed by atoms with E-state index in [1.54, 1.807) is 0 Å². The van der Waals surface area contributed by atoms with Crippen molar-refractivity contribution in [3.05, 3.63) is 18.3 Å². The molecule has 0 radical (unpaired) electrons. The monoisotopic (exact) mass is 244 g/mol. The van der Waals surface area contributed by atoms with E-state index in [1.807, 2.05) is 0 Å². The van der Waals surface area contributed by atoms with Gasteiger partial charge in [-0.05, 0) is 12.1 Å². The van der Waals surface area contributed by atoms with Gasteiger partial charge in [0.1, 0.15) is 17.3 Å². The van der Waals surface area contributed by atoms with Crippen LogP contribution in [0.15, 0.2) is 23.2 Å². The van der Waals surface area contributed by atoms with Crippen molar-refractivity contribution in [2.24, 2.45) is 0 Å². The summed E-state index contributed by atoms with van der Waals surface area (Å²) in [5.74, 6) is -0.903. The number of aliphatic carboxylic acids is 1. The first-order valence-electron chi connectivity index (χ1n) is 4.40. The van der Waals surface area contributed by atoms with Crippen molar-refractivity contribution in [2.45, 2.75) is 4.90 Å². The Labute approximate surface area is 93.5 Å². The van der Waals surface area contributed by atoms with E-state index in [0.717, 1.165) is 6.26 Å². The Kier molecular flexibility index (Phi) is 3.48. The number of carboxylic acids is 1. The van der Waals surface area contributed by atoms with Gasteiger partial charge in [-0.1, -0.05) is 0 Å². The molecule has 0 amide bonds. The fraction of sp³-hybridized carbons (Fsp3) is 0.333. The zero-order valence-corrected chi connectivity index (χ0v) is 9.73. The Hall–Kier alpha value is -1.63. The number of likely N-dealkylation sites (N-methyl/N-ethyl adjacent to an activating group) is 1. The van der Waals surface area contributed by atoms with E-state index in [1.165, 1.54) is 30.3 Å². The molecule has 0 bridgehead atoms. The molecule has 0 aliphatic heterocycles. The molecule has 0 saturated heterocycles. The van der Waals surface area contributed by atoms with Crippen molar-refractivity contribution >= 4 is 21.6 Å². The first-order valence-corrected chi connectivity index (χ1v) is 6.29. The third-order valence-corrected chi connectivity index (χ3v) is 3.00. The lowest BCUT2D eigenvalue weighted by molar-refractivity contribution is -0.135. The smallest absolute Gasteiger partial charge is 0.323 e. The lowest BCUT2D eigenvalue weighted by atomic mass is 10.4. The maximum atomic E-state index is 11.4. The van der Waals surface area contributed by atoms with Gasteiger partial charge >= 0.3 is 5.97 Å². The summed E-state index contributed by atoms with van der Waals surface area (Å²) < 4.78 is 22.9. The highest BCUT2D eigenvalue weighted by Crippen LogP contribution is 2.20. The van der Waals surface area contributed by atoms with Crippen LogP contribution in [0.2, 0.25) is 0 Å². The average Bonchev–Trinajstić information content (AvgIpc) is 2.15. The fourth-order valence-electron chi connectivity index (χ4n) is 1.24. The fourth-order valence-corrected chi connectivity index (χ4v) is 2.10. The molecule has 0 aromatic carbocycles. The molecule has 1 rings (SSSR count). The highest BCUT2D eigenvalue weighted by atomic mass is 32.2. The van der Waals surface area contributed by atoms with Gasteiger partial charge in [0.05, 0.1) is 0 Å². The molecule has 7 heteroatoms. The van der Waals surface area contributed by atoms with Gasteiger partial charge in [-0.3, -0.25) is 4.79 Å². The number of pyridine rings is 1. The lowest BCUT2D eigenvalue weighted by Crippen LogP contribution is -2.27. The van der Waals surface area contributed by atoms with Gasteiger partial charge in [0.2, 0.25) is 0 Å². The van der Waals surface area contributed by atoms with Crippen LogP contribution in [0.1, 0.15) is 0 Å². The van der Waals surface area contributed by atoms with Crippen molar-refractivity contribution in [1.29, 1.82) is 0 Å². The molecule has 0 saturated carbocycles. The second-order valence-corrected chi connectivity index (χ2v) is 5.33. The van der Waals surface area contributed by atoms with Crippen LogP contribution >= 0.6 is 0 Å². The number of hydrogen-bond donors (Lipinski definition) is 1. The molecule has 88 valence electrons. The molecule has 1 aromatic heterocycles. The Bertz CT molecular complexity index is 498. The Morgan fingerprint density at radius 2 is 2.19 bits per heavy atom. The Morgan fingerprint density at radius 3 is 2.69 bits per heavy atom. The van der Waals surface area contributed by atoms with Crippen molar-refractivity contribution < 1.29 is 18.3 Å². The number of carbonyl (C=O) groups is 1. The summed E-state index contributed by atoms with van der Waals surface area (Å²) in [6.45, 7) is -0.306. The molecule has 0 atom stereocenters. The largest absolute Gasteiger partial charge is 0.480 e. The third-order valence-electron chi connectivity index (χ3n) is 1.88. The highest BCUT2D eigenvalue weighted by molar-refractivity contribution is 7.90. The number of aromatic nitrogens is 1. The van der Waals surface area contributed by atoms with Gasteiger partial charge in [0.25, 0.3) is 0 Å². The van der Waals surface area contributed by atoms with Crippen LogP contribution in [-0.4, -0.2) is 44.3 Å². The number of hydrogen-bond acceptors (Lipinski definition) is 5. The minimum Gasteiger partial charge on any atom is -0.480 e. The predicted molar refractivity (Wildman–Crippen MR) is 58.3 cm³/mol. The van der Waals surface area contributed by atoms with Gasteiger partial charge in [-0.2, -0.15) is 0 Å². The summed E-state index contributed by atoms with van der Waals surface area (Å²) in [6, 6.07) is 2.89. The van der Waals surface area contributed by atoms with E-state index >= 15 is 0 Å². The third kappa shape index (κ3) is 2.93. The molecule has 0 aliphatic rings. The summed E-state index contributed by atoms with van der Waals surface area (Å²) in [7, 11) is -1.93. The molecule has 1 aromatic rings. The van der Waals surface area contributed by atoms with Crippen LogP contribution in [0.5, 0.6) is 0 Å². The predicted octanol–water partition coefficient (Wildman–Crippen LogP) is 0.00590. The molecule has 0 fully saturated rings. The molecule has 0 aliphatic carbocycles. The first-order chi connectivity index (χ1) is 7.32. The maximum Gasteiger partial charge on any atom is 0.323 e. The number of rotatable bonds is 4. The quantitative estimate of drug-likeness (QED) is 0.802. The molecule has 6 nitrogen and oxygen atoms in total. The topological polar surface area (TPSA) is 87.6 Å². The van der Waals surface area contributed by atoms with Gasteiger partial charge in [-0.25, -0.2) is 13.4 Å².